The predicted octanol–water partition coefficient (Wildman–Crippen LogP) is 1.86. The number of hydrogen-bond acceptors (Lipinski definition) is 10. The monoisotopic (exact) mass is 500 g/mol. The van der Waals surface area contributed by atoms with Gasteiger partial charge >= 0.3 is 10.4 Å². The lowest BCUT2D eigenvalue weighted by Gasteiger charge is -2.40. The van der Waals surface area contributed by atoms with E-state index in [4.69, 9.17) is 23.1 Å². The van der Waals surface area contributed by atoms with Crippen LogP contribution in [0.15, 0.2) is 18.2 Å². The number of phenols is 2. The van der Waals surface area contributed by atoms with Crippen LogP contribution in [-0.4, -0.2) is 69.9 Å². The molecule has 3 atom stereocenters. The Morgan fingerprint density at radius 2 is 1.47 bits per heavy atom. The van der Waals surface area contributed by atoms with Crippen molar-refractivity contribution >= 4 is 10.4 Å². The molecule has 0 bridgehead atoms. The standard InChI is InChI=1S/C22H28O11S/c1-29-15-7-12(8-16(30-2)20(15)24)18-14(10-33-34(26,27)28)13(9-23)5-11-6-17(31-3)21(25)22(32-4)19(11)18/h6-8,13-14,18,23-25H,5,9-10H2,1-4H3,(H,26,27,28). The van der Waals surface area contributed by atoms with Crippen LogP contribution < -0.4 is 18.9 Å². The molecule has 4 N–H and O–H groups in total. The van der Waals surface area contributed by atoms with E-state index in [-0.39, 0.29) is 47.5 Å². The van der Waals surface area contributed by atoms with Gasteiger partial charge in [-0.2, -0.15) is 8.42 Å². The van der Waals surface area contributed by atoms with Gasteiger partial charge in [0, 0.05) is 24.0 Å². The number of methoxy groups -OCH3 is 4. The number of ether oxygens (including phenoxy) is 4. The van der Waals surface area contributed by atoms with Gasteiger partial charge in [0.1, 0.15) is 0 Å². The molecular formula is C22H28O11S. The minimum absolute atomic E-state index is 0.0909. The van der Waals surface area contributed by atoms with Crippen molar-refractivity contribution in [2.75, 3.05) is 41.7 Å². The van der Waals surface area contributed by atoms with Crippen LogP contribution in [0.1, 0.15) is 22.6 Å². The molecule has 12 heteroatoms. The van der Waals surface area contributed by atoms with E-state index >= 15 is 0 Å². The van der Waals surface area contributed by atoms with E-state index in [9.17, 15) is 28.3 Å². The summed E-state index contributed by atoms with van der Waals surface area (Å²) >= 11 is 0. The quantitative estimate of drug-likeness (QED) is 0.372. The van der Waals surface area contributed by atoms with Gasteiger partial charge in [-0.05, 0) is 41.7 Å². The minimum atomic E-state index is -4.78. The molecule has 0 aromatic heterocycles. The van der Waals surface area contributed by atoms with Crippen LogP contribution in [0.25, 0.3) is 0 Å². The topological polar surface area (TPSA) is 161 Å². The Hall–Kier alpha value is -2.93. The van der Waals surface area contributed by atoms with E-state index in [0.717, 1.165) is 0 Å². The summed E-state index contributed by atoms with van der Waals surface area (Å²) in [6.45, 7) is -0.803. The first-order valence-corrected chi connectivity index (χ1v) is 11.6. The molecule has 0 saturated heterocycles. The van der Waals surface area contributed by atoms with Crippen molar-refractivity contribution in [1.82, 2.24) is 0 Å². The fraction of sp³-hybridized carbons (Fsp3) is 0.455. The second kappa shape index (κ2) is 10.1. The molecule has 2 aromatic carbocycles. The fourth-order valence-electron chi connectivity index (χ4n) is 4.59. The molecule has 3 rings (SSSR count). The summed E-state index contributed by atoms with van der Waals surface area (Å²) in [5, 5.41) is 31.3. The summed E-state index contributed by atoms with van der Waals surface area (Å²) in [5.74, 6) is -2.01. The number of aliphatic hydroxyl groups excluding tert-OH is 1. The Kier molecular flexibility index (Phi) is 7.66. The molecule has 11 nitrogen and oxygen atoms in total. The third kappa shape index (κ3) is 4.80. The zero-order valence-electron chi connectivity index (χ0n) is 19.1. The largest absolute Gasteiger partial charge is 0.502 e. The lowest BCUT2D eigenvalue weighted by Crippen LogP contribution is -2.36. The summed E-state index contributed by atoms with van der Waals surface area (Å²) in [5.41, 5.74) is 1.69. The van der Waals surface area contributed by atoms with Gasteiger partial charge in [-0.25, -0.2) is 4.18 Å². The average molecular weight is 501 g/mol. The Bertz CT molecular complexity index is 1120. The molecule has 0 saturated carbocycles. The van der Waals surface area contributed by atoms with Crippen molar-refractivity contribution in [2.24, 2.45) is 11.8 Å². The predicted molar refractivity (Wildman–Crippen MR) is 120 cm³/mol. The lowest BCUT2D eigenvalue weighted by atomic mass is 9.66. The van der Waals surface area contributed by atoms with Gasteiger partial charge in [-0.1, -0.05) is 0 Å². The second-order valence-corrected chi connectivity index (χ2v) is 8.90. The molecular weight excluding hydrogens is 472 g/mol. The third-order valence-electron chi connectivity index (χ3n) is 6.10. The van der Waals surface area contributed by atoms with Crippen molar-refractivity contribution in [2.45, 2.75) is 12.3 Å². The summed E-state index contributed by atoms with van der Waals surface area (Å²) < 4.78 is 58.0. The SMILES string of the molecule is COc1cc(C2c3c(cc(OC)c(O)c3OC)CC(CO)C2COS(=O)(=O)O)cc(OC)c1O. The molecule has 0 amide bonds. The Morgan fingerprint density at radius 3 is 1.94 bits per heavy atom. The van der Waals surface area contributed by atoms with Gasteiger partial charge in [-0.3, -0.25) is 4.55 Å². The van der Waals surface area contributed by atoms with Crippen molar-refractivity contribution in [3.8, 4) is 34.5 Å². The zero-order valence-corrected chi connectivity index (χ0v) is 20.0. The zero-order chi connectivity index (χ0) is 25.2. The van der Waals surface area contributed by atoms with Gasteiger partial charge in [0.25, 0.3) is 0 Å². The maximum atomic E-state index is 11.4. The first-order chi connectivity index (χ1) is 16.1. The molecule has 1 aliphatic carbocycles. The van der Waals surface area contributed by atoms with E-state index in [1.807, 2.05) is 0 Å². The van der Waals surface area contributed by atoms with Crippen LogP contribution in [0.3, 0.4) is 0 Å². The van der Waals surface area contributed by atoms with Gasteiger partial charge in [0.15, 0.2) is 23.0 Å². The first kappa shape index (κ1) is 25.7. The molecule has 34 heavy (non-hydrogen) atoms. The molecule has 0 fully saturated rings. The highest BCUT2D eigenvalue weighted by atomic mass is 32.3. The Morgan fingerprint density at radius 1 is 0.912 bits per heavy atom. The summed E-state index contributed by atoms with van der Waals surface area (Å²) in [7, 11) is 0.704. The van der Waals surface area contributed by atoms with Gasteiger partial charge < -0.3 is 34.3 Å². The van der Waals surface area contributed by atoms with Crippen LogP contribution in [0, 0.1) is 11.8 Å². The van der Waals surface area contributed by atoms with Crippen LogP contribution >= 0.6 is 0 Å². The second-order valence-electron chi connectivity index (χ2n) is 7.81. The van der Waals surface area contributed by atoms with Crippen molar-refractivity contribution in [1.29, 1.82) is 0 Å². The number of phenolic OH excluding ortho intramolecular Hbond substituents is 2. The van der Waals surface area contributed by atoms with E-state index in [1.54, 1.807) is 6.07 Å². The maximum absolute atomic E-state index is 11.4. The van der Waals surface area contributed by atoms with Crippen LogP contribution in [-0.2, 0) is 21.0 Å². The van der Waals surface area contributed by atoms with Crippen molar-refractivity contribution < 1.29 is 51.4 Å². The highest BCUT2D eigenvalue weighted by molar-refractivity contribution is 7.80. The molecule has 2 aromatic rings. The van der Waals surface area contributed by atoms with E-state index in [0.29, 0.717) is 16.7 Å². The molecule has 0 heterocycles. The lowest BCUT2D eigenvalue weighted by molar-refractivity contribution is 0.106. The summed E-state index contributed by atoms with van der Waals surface area (Å²) in [6, 6.07) is 4.69. The number of rotatable bonds is 9. The van der Waals surface area contributed by atoms with Gasteiger partial charge in [-0.15, -0.1) is 0 Å². The summed E-state index contributed by atoms with van der Waals surface area (Å²) in [4.78, 5) is 0. The van der Waals surface area contributed by atoms with Gasteiger partial charge in [0.05, 0.1) is 35.0 Å². The first-order valence-electron chi connectivity index (χ1n) is 10.2. The normalized spacial score (nSPS) is 19.9. The Labute approximate surface area is 197 Å². The molecule has 1 aliphatic rings. The number of aliphatic hydroxyl groups is 1. The summed E-state index contributed by atoms with van der Waals surface area (Å²) in [6.07, 6.45) is 0.279. The van der Waals surface area contributed by atoms with Crippen LogP contribution in [0.5, 0.6) is 34.5 Å². The fourth-order valence-corrected chi connectivity index (χ4v) is 4.91. The van der Waals surface area contributed by atoms with Crippen LogP contribution in [0.2, 0.25) is 0 Å². The van der Waals surface area contributed by atoms with E-state index < -0.39 is 34.8 Å². The van der Waals surface area contributed by atoms with Crippen LogP contribution in [0.4, 0.5) is 0 Å². The molecule has 3 unspecified atom stereocenters. The number of aromatic hydroxyl groups is 2. The molecule has 188 valence electrons. The third-order valence-corrected chi connectivity index (χ3v) is 6.53. The number of hydrogen-bond donors (Lipinski definition) is 4. The van der Waals surface area contributed by atoms with Crippen molar-refractivity contribution in [3.63, 3.8) is 0 Å². The number of benzene rings is 2. The maximum Gasteiger partial charge on any atom is 0.397 e. The Balaban J connectivity index is 2.34. The molecule has 0 spiro atoms. The van der Waals surface area contributed by atoms with E-state index in [1.165, 1.54) is 40.6 Å². The smallest absolute Gasteiger partial charge is 0.397 e. The minimum Gasteiger partial charge on any atom is -0.502 e. The number of fused-ring (bicyclic) bond motifs is 1. The molecule has 0 radical (unpaired) electrons. The van der Waals surface area contributed by atoms with Gasteiger partial charge in [0.2, 0.25) is 11.5 Å². The average Bonchev–Trinajstić information content (AvgIpc) is 2.81. The van der Waals surface area contributed by atoms with Crippen molar-refractivity contribution in [3.05, 3.63) is 34.9 Å². The molecule has 0 aliphatic heterocycles. The highest BCUT2D eigenvalue weighted by Crippen LogP contribution is 2.54. The highest BCUT2D eigenvalue weighted by Gasteiger charge is 2.42. The van der Waals surface area contributed by atoms with E-state index in [2.05, 4.69) is 0 Å².